The van der Waals surface area contributed by atoms with Crippen molar-refractivity contribution in [3.05, 3.63) is 23.8 Å². The molecule has 2 nitrogen and oxygen atoms in total. The quantitative estimate of drug-likeness (QED) is 0.804. The van der Waals surface area contributed by atoms with Crippen molar-refractivity contribution in [3.8, 4) is 11.5 Å². The summed E-state index contributed by atoms with van der Waals surface area (Å²) in [7, 11) is 0. The average Bonchev–Trinajstić information content (AvgIpc) is 2.28. The van der Waals surface area contributed by atoms with E-state index in [1.165, 1.54) is 6.07 Å². The first-order valence-corrected chi connectivity index (χ1v) is 6.45. The van der Waals surface area contributed by atoms with E-state index in [1.54, 1.807) is 6.07 Å². The summed E-state index contributed by atoms with van der Waals surface area (Å²) in [5.74, 6) is 0.957. The average molecular weight is 236 g/mol. The first kappa shape index (κ1) is 13.9. The Labute approximate surface area is 104 Å². The largest absolute Gasteiger partial charge is 0.508 e. The third-order valence-corrected chi connectivity index (χ3v) is 3.91. The zero-order valence-electron chi connectivity index (χ0n) is 11.3. The molecule has 0 aliphatic heterocycles. The molecule has 0 spiro atoms. The summed E-state index contributed by atoms with van der Waals surface area (Å²) in [6, 6.07) is 4.93. The standard InChI is InChI=1S/C15H24O2/c1-5-11(3)10-15(4,6-2)13-8-7-12(16)9-14(13)17/h7-9,11,16-17H,5-6,10H2,1-4H3. The van der Waals surface area contributed by atoms with E-state index in [0.717, 1.165) is 24.8 Å². The van der Waals surface area contributed by atoms with Crippen LogP contribution in [0.3, 0.4) is 0 Å². The minimum absolute atomic E-state index is 0.0206. The topological polar surface area (TPSA) is 40.5 Å². The van der Waals surface area contributed by atoms with Crippen molar-refractivity contribution in [1.29, 1.82) is 0 Å². The Kier molecular flexibility index (Phi) is 4.44. The lowest BCUT2D eigenvalue weighted by molar-refractivity contribution is 0.323. The molecule has 0 radical (unpaired) electrons. The molecule has 2 N–H and O–H groups in total. The first-order valence-electron chi connectivity index (χ1n) is 6.45. The van der Waals surface area contributed by atoms with Gasteiger partial charge in [0.1, 0.15) is 11.5 Å². The Morgan fingerprint density at radius 3 is 2.35 bits per heavy atom. The van der Waals surface area contributed by atoms with Crippen molar-refractivity contribution < 1.29 is 10.2 Å². The van der Waals surface area contributed by atoms with Crippen molar-refractivity contribution in [3.63, 3.8) is 0 Å². The van der Waals surface area contributed by atoms with E-state index in [1.807, 2.05) is 6.07 Å². The van der Waals surface area contributed by atoms with Crippen molar-refractivity contribution in [2.24, 2.45) is 5.92 Å². The molecule has 0 amide bonds. The molecule has 0 saturated heterocycles. The van der Waals surface area contributed by atoms with E-state index < -0.39 is 0 Å². The normalized spacial score (nSPS) is 16.5. The molecule has 0 aromatic heterocycles. The van der Waals surface area contributed by atoms with Gasteiger partial charge in [-0.3, -0.25) is 0 Å². The van der Waals surface area contributed by atoms with Crippen LogP contribution in [0.4, 0.5) is 0 Å². The number of aromatic hydroxyl groups is 2. The second-order valence-electron chi connectivity index (χ2n) is 5.33. The number of hydrogen-bond donors (Lipinski definition) is 2. The monoisotopic (exact) mass is 236 g/mol. The molecule has 2 unspecified atom stereocenters. The fourth-order valence-corrected chi connectivity index (χ4v) is 2.39. The highest BCUT2D eigenvalue weighted by molar-refractivity contribution is 5.43. The summed E-state index contributed by atoms with van der Waals surface area (Å²) < 4.78 is 0. The van der Waals surface area contributed by atoms with Crippen LogP contribution in [-0.4, -0.2) is 10.2 Å². The van der Waals surface area contributed by atoms with Crippen LogP contribution >= 0.6 is 0 Å². The van der Waals surface area contributed by atoms with Gasteiger partial charge in [-0.1, -0.05) is 40.2 Å². The number of benzene rings is 1. The van der Waals surface area contributed by atoms with Gasteiger partial charge < -0.3 is 10.2 Å². The van der Waals surface area contributed by atoms with Crippen LogP contribution < -0.4 is 0 Å². The van der Waals surface area contributed by atoms with E-state index in [9.17, 15) is 10.2 Å². The summed E-state index contributed by atoms with van der Waals surface area (Å²) >= 11 is 0. The molecule has 1 aromatic carbocycles. The molecule has 0 aliphatic rings. The fraction of sp³-hybridized carbons (Fsp3) is 0.600. The van der Waals surface area contributed by atoms with E-state index in [-0.39, 0.29) is 16.9 Å². The van der Waals surface area contributed by atoms with E-state index >= 15 is 0 Å². The van der Waals surface area contributed by atoms with Crippen LogP contribution in [0.15, 0.2) is 18.2 Å². The van der Waals surface area contributed by atoms with Crippen LogP contribution in [0.5, 0.6) is 11.5 Å². The highest BCUT2D eigenvalue weighted by Crippen LogP contribution is 2.40. The molecule has 0 fully saturated rings. The zero-order valence-corrected chi connectivity index (χ0v) is 11.3. The van der Waals surface area contributed by atoms with Crippen LogP contribution in [0.25, 0.3) is 0 Å². The van der Waals surface area contributed by atoms with Gasteiger partial charge in [0.25, 0.3) is 0 Å². The van der Waals surface area contributed by atoms with Gasteiger partial charge in [0.2, 0.25) is 0 Å². The van der Waals surface area contributed by atoms with Crippen LogP contribution in [0, 0.1) is 5.92 Å². The van der Waals surface area contributed by atoms with Gasteiger partial charge in [0.05, 0.1) is 0 Å². The third kappa shape index (κ3) is 3.15. The van der Waals surface area contributed by atoms with Gasteiger partial charge in [-0.25, -0.2) is 0 Å². The SMILES string of the molecule is CCC(C)CC(C)(CC)c1ccc(O)cc1O. The molecule has 0 aliphatic carbocycles. The number of hydrogen-bond acceptors (Lipinski definition) is 2. The van der Waals surface area contributed by atoms with Gasteiger partial charge in [0, 0.05) is 11.6 Å². The molecule has 2 atom stereocenters. The molecular formula is C15H24O2. The van der Waals surface area contributed by atoms with E-state index in [2.05, 4.69) is 27.7 Å². The predicted octanol–water partition coefficient (Wildman–Crippen LogP) is 4.20. The summed E-state index contributed by atoms with van der Waals surface area (Å²) in [4.78, 5) is 0. The van der Waals surface area contributed by atoms with Crippen molar-refractivity contribution in [1.82, 2.24) is 0 Å². The van der Waals surface area contributed by atoms with Gasteiger partial charge in [-0.2, -0.15) is 0 Å². The highest BCUT2D eigenvalue weighted by Gasteiger charge is 2.29. The summed E-state index contributed by atoms with van der Waals surface area (Å²) in [6.45, 7) is 8.77. The zero-order chi connectivity index (χ0) is 13.1. The molecule has 2 heteroatoms. The molecule has 0 saturated carbocycles. The Morgan fingerprint density at radius 1 is 1.24 bits per heavy atom. The Morgan fingerprint density at radius 2 is 1.88 bits per heavy atom. The Bertz CT molecular complexity index is 373. The molecule has 1 aromatic rings. The highest BCUT2D eigenvalue weighted by atomic mass is 16.3. The van der Waals surface area contributed by atoms with Gasteiger partial charge in [-0.15, -0.1) is 0 Å². The van der Waals surface area contributed by atoms with Crippen LogP contribution in [-0.2, 0) is 5.41 Å². The lowest BCUT2D eigenvalue weighted by atomic mass is 9.73. The summed E-state index contributed by atoms with van der Waals surface area (Å²) in [5.41, 5.74) is 0.922. The molecular weight excluding hydrogens is 212 g/mol. The number of phenols is 2. The van der Waals surface area contributed by atoms with Crippen LogP contribution in [0.1, 0.15) is 52.5 Å². The maximum absolute atomic E-state index is 9.98. The molecule has 0 heterocycles. The maximum atomic E-state index is 9.98. The molecule has 0 bridgehead atoms. The molecule has 1 rings (SSSR count). The smallest absolute Gasteiger partial charge is 0.123 e. The van der Waals surface area contributed by atoms with E-state index in [0.29, 0.717) is 5.92 Å². The van der Waals surface area contributed by atoms with Gasteiger partial charge in [0.15, 0.2) is 0 Å². The fourth-order valence-electron chi connectivity index (χ4n) is 2.39. The molecule has 96 valence electrons. The van der Waals surface area contributed by atoms with Crippen molar-refractivity contribution in [2.45, 2.75) is 52.4 Å². The van der Waals surface area contributed by atoms with E-state index in [4.69, 9.17) is 0 Å². The predicted molar refractivity (Wildman–Crippen MR) is 71.5 cm³/mol. The second-order valence-corrected chi connectivity index (χ2v) is 5.33. The number of phenolic OH excluding ortho intramolecular Hbond substituents is 2. The van der Waals surface area contributed by atoms with Crippen molar-refractivity contribution >= 4 is 0 Å². The summed E-state index contributed by atoms with van der Waals surface area (Å²) in [6.07, 6.45) is 3.18. The minimum Gasteiger partial charge on any atom is -0.508 e. The Hall–Kier alpha value is -1.18. The minimum atomic E-state index is -0.0206. The summed E-state index contributed by atoms with van der Waals surface area (Å²) in [5, 5.41) is 19.3. The number of rotatable bonds is 5. The molecule has 17 heavy (non-hydrogen) atoms. The van der Waals surface area contributed by atoms with Crippen molar-refractivity contribution in [2.75, 3.05) is 0 Å². The van der Waals surface area contributed by atoms with Gasteiger partial charge >= 0.3 is 0 Å². The Balaban J connectivity index is 3.07. The maximum Gasteiger partial charge on any atom is 0.123 e. The third-order valence-electron chi connectivity index (χ3n) is 3.91. The van der Waals surface area contributed by atoms with Crippen LogP contribution in [0.2, 0.25) is 0 Å². The lowest BCUT2D eigenvalue weighted by Crippen LogP contribution is -2.24. The first-order chi connectivity index (χ1) is 7.92. The van der Waals surface area contributed by atoms with Gasteiger partial charge in [-0.05, 0) is 30.2 Å². The second kappa shape index (κ2) is 5.44. The lowest BCUT2D eigenvalue weighted by Gasteiger charge is -2.32.